The van der Waals surface area contributed by atoms with E-state index in [-0.39, 0.29) is 15.2 Å². The van der Waals surface area contributed by atoms with Crippen molar-refractivity contribution in [1.82, 2.24) is 10.2 Å². The second-order valence-electron chi connectivity index (χ2n) is 2.88. The van der Waals surface area contributed by atoms with E-state index in [0.29, 0.717) is 0 Å². The van der Waals surface area contributed by atoms with Crippen molar-refractivity contribution in [3.8, 4) is 0 Å². The molecule has 0 aromatic carbocycles. The lowest BCUT2D eigenvalue weighted by atomic mass is 10.6. The molecule has 1 aromatic heterocycles. The van der Waals surface area contributed by atoms with Gasteiger partial charge in [-0.3, -0.25) is 0 Å². The summed E-state index contributed by atoms with van der Waals surface area (Å²) >= 11 is 11.0. The lowest BCUT2D eigenvalue weighted by Gasteiger charge is -2.04. The van der Waals surface area contributed by atoms with Crippen molar-refractivity contribution in [2.75, 3.05) is 11.5 Å². The Kier molecular flexibility index (Phi) is 4.59. The van der Waals surface area contributed by atoms with Crippen LogP contribution in [0.3, 0.4) is 0 Å². The summed E-state index contributed by atoms with van der Waals surface area (Å²) in [5.41, 5.74) is 0. The zero-order valence-electron chi connectivity index (χ0n) is 7.97. The number of halogens is 3. The highest BCUT2D eigenvalue weighted by Gasteiger charge is 2.22. The summed E-state index contributed by atoms with van der Waals surface area (Å²) in [7, 11) is -2.92. The number of hydrogen-bond acceptors (Lipinski definition) is 6. The van der Waals surface area contributed by atoms with Crippen LogP contribution in [0.5, 0.6) is 0 Å². The Morgan fingerprint density at radius 2 is 1.65 bits per heavy atom. The maximum atomic E-state index is 11.7. The summed E-state index contributed by atoms with van der Waals surface area (Å²) < 4.78 is 44.8. The van der Waals surface area contributed by atoms with Crippen LogP contribution in [0.2, 0.25) is 10.3 Å². The van der Waals surface area contributed by atoms with Gasteiger partial charge in [0.05, 0.1) is 11.5 Å². The van der Waals surface area contributed by atoms with Crippen LogP contribution in [-0.2, 0) is 18.9 Å². The Balaban J connectivity index is 3.10. The van der Waals surface area contributed by atoms with Crippen LogP contribution in [0, 0.1) is 0 Å². The highest BCUT2D eigenvalue weighted by atomic mass is 35.7. The van der Waals surface area contributed by atoms with Gasteiger partial charge in [0, 0.05) is 10.7 Å². The van der Waals surface area contributed by atoms with Crippen LogP contribution in [0.1, 0.15) is 0 Å². The first-order valence-corrected chi connectivity index (χ1v) is 8.84. The van der Waals surface area contributed by atoms with Crippen molar-refractivity contribution in [2.45, 2.75) is 4.90 Å². The van der Waals surface area contributed by atoms with E-state index < -0.39 is 30.4 Å². The standard InChI is InChI=1S/C6H5Cl3N2O4S2/c7-5-3-4(6(8)11-10-5)16(12,13)1-2-17(9,14)15/h3H,1-2H2. The van der Waals surface area contributed by atoms with Crippen LogP contribution >= 0.6 is 33.9 Å². The van der Waals surface area contributed by atoms with E-state index in [4.69, 9.17) is 33.9 Å². The van der Waals surface area contributed by atoms with Gasteiger partial charge >= 0.3 is 0 Å². The second-order valence-corrected chi connectivity index (χ2v) is 8.60. The van der Waals surface area contributed by atoms with Gasteiger partial charge in [0.1, 0.15) is 4.90 Å². The van der Waals surface area contributed by atoms with E-state index in [0.717, 1.165) is 6.07 Å². The van der Waals surface area contributed by atoms with E-state index in [9.17, 15) is 16.8 Å². The number of aromatic nitrogens is 2. The Hall–Kier alpha value is -0.150. The largest absolute Gasteiger partial charge is 0.233 e. The minimum atomic E-state index is -3.93. The van der Waals surface area contributed by atoms with Gasteiger partial charge in [-0.25, -0.2) is 16.8 Å². The molecule has 1 rings (SSSR count). The zero-order chi connectivity index (χ0) is 13.3. The van der Waals surface area contributed by atoms with Gasteiger partial charge in [-0.1, -0.05) is 23.2 Å². The SMILES string of the molecule is O=S(=O)(Cl)CCS(=O)(=O)c1cc(Cl)nnc1Cl. The first-order chi connectivity index (χ1) is 7.62. The zero-order valence-corrected chi connectivity index (χ0v) is 11.9. The van der Waals surface area contributed by atoms with E-state index >= 15 is 0 Å². The fourth-order valence-electron chi connectivity index (χ4n) is 0.875. The van der Waals surface area contributed by atoms with Gasteiger partial charge in [0.15, 0.2) is 20.1 Å². The lowest BCUT2D eigenvalue weighted by Crippen LogP contribution is -2.15. The third-order valence-electron chi connectivity index (χ3n) is 1.62. The van der Waals surface area contributed by atoms with Gasteiger partial charge in [0.25, 0.3) is 0 Å². The highest BCUT2D eigenvalue weighted by Crippen LogP contribution is 2.22. The molecule has 0 fully saturated rings. The maximum Gasteiger partial charge on any atom is 0.233 e. The quantitative estimate of drug-likeness (QED) is 0.763. The van der Waals surface area contributed by atoms with Gasteiger partial charge in [-0.15, -0.1) is 10.2 Å². The molecule has 0 spiro atoms. The van der Waals surface area contributed by atoms with Crippen molar-refractivity contribution in [3.63, 3.8) is 0 Å². The summed E-state index contributed by atoms with van der Waals surface area (Å²) in [6, 6.07) is 0.993. The fraction of sp³-hybridized carbons (Fsp3) is 0.333. The summed E-state index contributed by atoms with van der Waals surface area (Å²) in [6.07, 6.45) is 0. The van der Waals surface area contributed by atoms with E-state index in [1.54, 1.807) is 0 Å². The summed E-state index contributed by atoms with van der Waals surface area (Å²) in [6.45, 7) is 0. The Bertz CT molecular complexity index is 629. The first kappa shape index (κ1) is 14.9. The monoisotopic (exact) mass is 338 g/mol. The minimum absolute atomic E-state index is 0.165. The molecule has 0 amide bonds. The molecule has 96 valence electrons. The van der Waals surface area contributed by atoms with E-state index in [2.05, 4.69) is 10.2 Å². The average molecular weight is 340 g/mol. The molecule has 0 unspecified atom stereocenters. The van der Waals surface area contributed by atoms with Crippen molar-refractivity contribution >= 4 is 52.8 Å². The van der Waals surface area contributed by atoms with Gasteiger partial charge in [-0.2, -0.15) is 0 Å². The molecule has 0 aliphatic carbocycles. The molecule has 1 aromatic rings. The minimum Gasteiger partial charge on any atom is -0.224 e. The Morgan fingerprint density at radius 3 is 2.18 bits per heavy atom. The molecule has 0 atom stereocenters. The summed E-state index contributed by atoms with van der Waals surface area (Å²) in [4.78, 5) is -0.375. The first-order valence-electron chi connectivity index (χ1n) is 3.95. The Labute approximate surface area is 112 Å². The van der Waals surface area contributed by atoms with Crippen LogP contribution in [0.25, 0.3) is 0 Å². The van der Waals surface area contributed by atoms with Crippen LogP contribution in [-0.4, -0.2) is 38.5 Å². The third kappa shape index (κ3) is 4.55. The number of hydrogen-bond donors (Lipinski definition) is 0. The molecule has 0 N–H and O–H groups in total. The smallest absolute Gasteiger partial charge is 0.224 e. The fourth-order valence-corrected chi connectivity index (χ4v) is 4.58. The van der Waals surface area contributed by atoms with Crippen molar-refractivity contribution < 1.29 is 16.8 Å². The molecule has 0 saturated heterocycles. The van der Waals surface area contributed by atoms with Gasteiger partial charge < -0.3 is 0 Å². The number of rotatable bonds is 4. The summed E-state index contributed by atoms with van der Waals surface area (Å²) in [5.74, 6) is -1.44. The molecular weight excluding hydrogens is 335 g/mol. The maximum absolute atomic E-state index is 11.7. The molecule has 0 aliphatic rings. The van der Waals surface area contributed by atoms with E-state index in [1.807, 2.05) is 0 Å². The van der Waals surface area contributed by atoms with Crippen molar-refractivity contribution in [1.29, 1.82) is 0 Å². The van der Waals surface area contributed by atoms with Gasteiger partial charge in [-0.05, 0) is 6.07 Å². The second kappa shape index (κ2) is 5.23. The molecule has 0 aliphatic heterocycles. The van der Waals surface area contributed by atoms with Crippen molar-refractivity contribution in [2.24, 2.45) is 0 Å². The predicted molar refractivity (Wildman–Crippen MR) is 63.7 cm³/mol. The highest BCUT2D eigenvalue weighted by molar-refractivity contribution is 8.14. The molecular formula is C6H5Cl3N2O4S2. The molecule has 0 radical (unpaired) electrons. The molecule has 17 heavy (non-hydrogen) atoms. The molecule has 0 bridgehead atoms. The average Bonchev–Trinajstić information content (AvgIpc) is 2.18. The number of sulfone groups is 1. The van der Waals surface area contributed by atoms with Gasteiger partial charge in [0.2, 0.25) is 9.05 Å². The predicted octanol–water partition coefficient (Wildman–Crippen LogP) is 1.13. The summed E-state index contributed by atoms with van der Waals surface area (Å²) in [5, 5.41) is 6.11. The van der Waals surface area contributed by atoms with Crippen LogP contribution < -0.4 is 0 Å². The number of nitrogens with zero attached hydrogens (tertiary/aromatic N) is 2. The molecule has 11 heteroatoms. The van der Waals surface area contributed by atoms with Crippen molar-refractivity contribution in [3.05, 3.63) is 16.4 Å². The van der Waals surface area contributed by atoms with Crippen LogP contribution in [0.15, 0.2) is 11.0 Å². The lowest BCUT2D eigenvalue weighted by molar-refractivity contribution is 0.592. The Morgan fingerprint density at radius 1 is 1.06 bits per heavy atom. The normalized spacial score (nSPS) is 12.6. The third-order valence-corrected chi connectivity index (χ3v) is 5.33. The van der Waals surface area contributed by atoms with E-state index in [1.165, 1.54) is 0 Å². The molecule has 0 saturated carbocycles. The topological polar surface area (TPSA) is 94.1 Å². The van der Waals surface area contributed by atoms with Crippen LogP contribution in [0.4, 0.5) is 0 Å². The molecule has 1 heterocycles. The molecule has 6 nitrogen and oxygen atoms in total.